The van der Waals surface area contributed by atoms with Gasteiger partial charge in [0, 0.05) is 5.69 Å². The van der Waals surface area contributed by atoms with E-state index in [9.17, 15) is 18.0 Å². The summed E-state index contributed by atoms with van der Waals surface area (Å²) in [5.74, 6) is -0.929. The van der Waals surface area contributed by atoms with Crippen molar-refractivity contribution in [1.82, 2.24) is 10.0 Å². The molecule has 0 radical (unpaired) electrons. The van der Waals surface area contributed by atoms with Gasteiger partial charge in [-0.15, -0.1) is 12.4 Å². The highest BCUT2D eigenvalue weighted by molar-refractivity contribution is 7.89. The third kappa shape index (κ3) is 6.14. The summed E-state index contributed by atoms with van der Waals surface area (Å²) in [6.45, 7) is 3.01. The largest absolute Gasteiger partial charge is 0.343 e. The molecule has 0 saturated heterocycles. The van der Waals surface area contributed by atoms with E-state index in [1.807, 2.05) is 0 Å². The number of carbonyl (C=O) groups excluding carboxylic acids is 2. The molecule has 0 aliphatic heterocycles. The molecule has 0 aliphatic carbocycles. The molecule has 0 heterocycles. The molecule has 0 fully saturated rings. The fraction of sp³-hybridized carbons (Fsp3) is 0.385. The van der Waals surface area contributed by atoms with Gasteiger partial charge in [0.25, 0.3) is 0 Å². The van der Waals surface area contributed by atoms with Crippen LogP contribution < -0.4 is 21.1 Å². The molecular formula is C13H21ClN4O4S. The van der Waals surface area contributed by atoms with E-state index in [0.29, 0.717) is 5.69 Å². The van der Waals surface area contributed by atoms with Crippen LogP contribution in [0.25, 0.3) is 0 Å². The fourth-order valence-corrected chi connectivity index (χ4v) is 2.30. The summed E-state index contributed by atoms with van der Waals surface area (Å²) in [5, 5.41) is 4.98. The Morgan fingerprint density at radius 3 is 2.30 bits per heavy atom. The Morgan fingerprint density at radius 2 is 1.78 bits per heavy atom. The Balaban J connectivity index is 0.00000484. The highest BCUT2D eigenvalue weighted by atomic mass is 35.5. The molecule has 10 heteroatoms. The summed E-state index contributed by atoms with van der Waals surface area (Å²) in [6, 6.07) is 4.26. The van der Waals surface area contributed by atoms with E-state index in [2.05, 4.69) is 15.4 Å². The van der Waals surface area contributed by atoms with Crippen molar-refractivity contribution < 1.29 is 18.0 Å². The summed E-state index contributed by atoms with van der Waals surface area (Å²) in [5.41, 5.74) is 5.71. The third-order valence-electron chi connectivity index (χ3n) is 2.85. The summed E-state index contributed by atoms with van der Waals surface area (Å²) in [7, 11) is -2.30. The quantitative estimate of drug-likeness (QED) is 0.555. The molecule has 0 aromatic heterocycles. The van der Waals surface area contributed by atoms with Gasteiger partial charge in [0.15, 0.2) is 0 Å². The molecule has 0 aliphatic rings. The highest BCUT2D eigenvalue weighted by Crippen LogP contribution is 2.15. The SMILES string of the molecule is CNS(=O)(=O)c1cccc(NC(=O)C(C)NC(=O)[C@@H](C)N)c1.Cl. The van der Waals surface area contributed by atoms with E-state index in [1.54, 1.807) is 6.07 Å². The molecule has 1 aromatic carbocycles. The van der Waals surface area contributed by atoms with E-state index >= 15 is 0 Å². The van der Waals surface area contributed by atoms with Crippen LogP contribution in [0.1, 0.15) is 13.8 Å². The summed E-state index contributed by atoms with van der Waals surface area (Å²) in [4.78, 5) is 23.4. The maximum absolute atomic E-state index is 12.0. The van der Waals surface area contributed by atoms with E-state index in [0.717, 1.165) is 0 Å². The Labute approximate surface area is 141 Å². The smallest absolute Gasteiger partial charge is 0.246 e. The summed E-state index contributed by atoms with van der Waals surface area (Å²) >= 11 is 0. The van der Waals surface area contributed by atoms with E-state index in [1.165, 1.54) is 39.1 Å². The number of sulfonamides is 1. The average Bonchev–Trinajstić information content (AvgIpc) is 2.47. The number of anilines is 1. The van der Waals surface area contributed by atoms with Crippen molar-refractivity contribution in [2.45, 2.75) is 30.8 Å². The molecule has 1 unspecified atom stereocenters. The third-order valence-corrected chi connectivity index (χ3v) is 4.26. The fourth-order valence-electron chi connectivity index (χ4n) is 1.52. The molecule has 8 nitrogen and oxygen atoms in total. The monoisotopic (exact) mass is 364 g/mol. The first-order valence-corrected chi connectivity index (χ1v) is 8.06. The van der Waals surface area contributed by atoms with Gasteiger partial charge in [-0.05, 0) is 39.1 Å². The molecule has 0 spiro atoms. The zero-order valence-electron chi connectivity index (χ0n) is 13.0. The molecule has 0 saturated carbocycles. The van der Waals surface area contributed by atoms with Crippen LogP contribution >= 0.6 is 12.4 Å². The van der Waals surface area contributed by atoms with Crippen molar-refractivity contribution in [2.24, 2.45) is 5.73 Å². The summed E-state index contributed by atoms with van der Waals surface area (Å²) in [6.07, 6.45) is 0. The summed E-state index contributed by atoms with van der Waals surface area (Å²) < 4.78 is 25.6. The number of halogens is 1. The second-order valence-corrected chi connectivity index (χ2v) is 6.63. The second kappa shape index (κ2) is 8.82. The first-order chi connectivity index (χ1) is 10.2. The lowest BCUT2D eigenvalue weighted by atomic mass is 10.2. The van der Waals surface area contributed by atoms with Gasteiger partial charge in [-0.1, -0.05) is 6.07 Å². The Hall–Kier alpha value is -1.68. The molecule has 2 amide bonds. The minimum atomic E-state index is -3.59. The lowest BCUT2D eigenvalue weighted by molar-refractivity contribution is -0.126. The lowest BCUT2D eigenvalue weighted by Gasteiger charge is -2.15. The zero-order valence-corrected chi connectivity index (χ0v) is 14.6. The van der Waals surface area contributed by atoms with E-state index in [-0.39, 0.29) is 17.3 Å². The molecule has 5 N–H and O–H groups in total. The number of carbonyl (C=O) groups is 2. The number of benzene rings is 1. The number of hydrogen-bond donors (Lipinski definition) is 4. The van der Waals surface area contributed by atoms with Gasteiger partial charge in [0.2, 0.25) is 21.8 Å². The molecule has 1 aromatic rings. The number of rotatable bonds is 6. The van der Waals surface area contributed by atoms with Crippen LogP contribution in [0.2, 0.25) is 0 Å². The van der Waals surface area contributed by atoms with Gasteiger partial charge in [0.1, 0.15) is 6.04 Å². The Morgan fingerprint density at radius 1 is 1.17 bits per heavy atom. The minimum Gasteiger partial charge on any atom is -0.343 e. The van der Waals surface area contributed by atoms with Gasteiger partial charge in [-0.3, -0.25) is 9.59 Å². The Bertz CT molecular complexity index is 664. The lowest BCUT2D eigenvalue weighted by Crippen LogP contribution is -2.47. The standard InChI is InChI=1S/C13H20N4O4S.ClH/c1-8(14)12(18)16-9(2)13(19)17-10-5-4-6-11(7-10)22(20,21)15-3;/h4-9,15H,14H2,1-3H3,(H,16,18)(H,17,19);1H/t8-,9?;/m1./s1. The predicted octanol–water partition coefficient (Wildman–Crippen LogP) is -0.193. The Kier molecular flexibility index (Phi) is 8.18. The van der Waals surface area contributed by atoms with E-state index in [4.69, 9.17) is 5.73 Å². The molecule has 2 atom stereocenters. The maximum atomic E-state index is 12.0. The van der Waals surface area contributed by atoms with E-state index < -0.39 is 33.9 Å². The number of amides is 2. The van der Waals surface area contributed by atoms with Crippen molar-refractivity contribution in [3.8, 4) is 0 Å². The normalized spacial score (nSPS) is 13.4. The highest BCUT2D eigenvalue weighted by Gasteiger charge is 2.18. The maximum Gasteiger partial charge on any atom is 0.246 e. The van der Waals surface area contributed by atoms with Crippen molar-refractivity contribution >= 4 is 39.9 Å². The first-order valence-electron chi connectivity index (χ1n) is 6.58. The molecule has 0 bridgehead atoms. The average molecular weight is 365 g/mol. The van der Waals surface area contributed by atoms with Crippen LogP contribution in [-0.2, 0) is 19.6 Å². The van der Waals surface area contributed by atoms with Gasteiger partial charge in [-0.2, -0.15) is 0 Å². The van der Waals surface area contributed by atoms with Crippen LogP contribution in [0.5, 0.6) is 0 Å². The zero-order chi connectivity index (χ0) is 16.9. The molecule has 23 heavy (non-hydrogen) atoms. The van der Waals surface area contributed by atoms with Crippen LogP contribution in [0, 0.1) is 0 Å². The van der Waals surface area contributed by atoms with Crippen LogP contribution in [0.15, 0.2) is 29.2 Å². The van der Waals surface area contributed by atoms with Gasteiger partial charge in [-0.25, -0.2) is 13.1 Å². The van der Waals surface area contributed by atoms with Crippen molar-refractivity contribution in [1.29, 1.82) is 0 Å². The second-order valence-electron chi connectivity index (χ2n) is 4.74. The van der Waals surface area contributed by atoms with Crippen molar-refractivity contribution in [3.05, 3.63) is 24.3 Å². The number of nitrogens with two attached hydrogens (primary N) is 1. The van der Waals surface area contributed by atoms with Crippen LogP contribution in [0.4, 0.5) is 5.69 Å². The van der Waals surface area contributed by atoms with Crippen LogP contribution in [-0.4, -0.2) is 39.4 Å². The first kappa shape index (κ1) is 21.3. The number of hydrogen-bond acceptors (Lipinski definition) is 5. The minimum absolute atomic E-state index is 0. The topological polar surface area (TPSA) is 130 Å². The van der Waals surface area contributed by atoms with Crippen LogP contribution in [0.3, 0.4) is 0 Å². The van der Waals surface area contributed by atoms with Crippen molar-refractivity contribution in [2.75, 3.05) is 12.4 Å². The van der Waals surface area contributed by atoms with Crippen molar-refractivity contribution in [3.63, 3.8) is 0 Å². The predicted molar refractivity (Wildman–Crippen MR) is 89.8 cm³/mol. The van der Waals surface area contributed by atoms with Gasteiger partial charge >= 0.3 is 0 Å². The molecule has 1 rings (SSSR count). The van der Waals surface area contributed by atoms with Gasteiger partial charge in [0.05, 0.1) is 10.9 Å². The molecular weight excluding hydrogens is 344 g/mol. The van der Waals surface area contributed by atoms with Gasteiger partial charge < -0.3 is 16.4 Å². The number of nitrogens with one attached hydrogen (secondary N) is 3. The molecule has 130 valence electrons.